The molecular formula is C16H24O3. The molecule has 0 amide bonds. The average Bonchev–Trinajstić information content (AvgIpc) is 3.03. The van der Waals surface area contributed by atoms with Crippen LogP contribution in [-0.2, 0) is 0 Å². The minimum atomic E-state index is -0.211. The van der Waals surface area contributed by atoms with Gasteiger partial charge >= 0.3 is 0 Å². The van der Waals surface area contributed by atoms with Gasteiger partial charge in [-0.1, -0.05) is 0 Å². The first kappa shape index (κ1) is 14.0. The fourth-order valence-corrected chi connectivity index (χ4v) is 1.71. The van der Waals surface area contributed by atoms with E-state index in [1.165, 1.54) is 0 Å². The van der Waals surface area contributed by atoms with Crippen LogP contribution in [0.5, 0.6) is 17.2 Å². The Labute approximate surface area is 115 Å². The summed E-state index contributed by atoms with van der Waals surface area (Å²) in [5, 5.41) is 0. The van der Waals surface area contributed by atoms with Gasteiger partial charge in [0.05, 0.1) is 12.2 Å². The zero-order valence-corrected chi connectivity index (χ0v) is 12.5. The van der Waals surface area contributed by atoms with E-state index in [0.717, 1.165) is 30.1 Å². The maximum absolute atomic E-state index is 5.91. The molecule has 1 fully saturated rings. The van der Waals surface area contributed by atoms with Gasteiger partial charge < -0.3 is 14.2 Å². The molecule has 0 aromatic heterocycles. The van der Waals surface area contributed by atoms with E-state index in [1.54, 1.807) is 0 Å². The van der Waals surface area contributed by atoms with Crippen molar-refractivity contribution >= 4 is 0 Å². The molecule has 106 valence electrons. The van der Waals surface area contributed by atoms with Gasteiger partial charge in [-0.3, -0.25) is 0 Å². The molecule has 19 heavy (non-hydrogen) atoms. The molecule has 1 aliphatic carbocycles. The lowest BCUT2D eigenvalue weighted by molar-refractivity contribution is 0.129. The normalized spacial score (nSPS) is 15.5. The molecule has 3 heteroatoms. The van der Waals surface area contributed by atoms with Crippen LogP contribution in [0.15, 0.2) is 18.2 Å². The first-order chi connectivity index (χ1) is 8.83. The van der Waals surface area contributed by atoms with Crippen LogP contribution in [0.3, 0.4) is 0 Å². The molecule has 1 aliphatic rings. The van der Waals surface area contributed by atoms with Gasteiger partial charge in [-0.05, 0) is 59.6 Å². The molecule has 0 heterocycles. The van der Waals surface area contributed by atoms with Crippen molar-refractivity contribution in [2.45, 2.75) is 65.3 Å². The molecule has 2 rings (SSSR count). The molecule has 1 saturated carbocycles. The lowest BCUT2D eigenvalue weighted by atomic mass is 10.2. The van der Waals surface area contributed by atoms with E-state index in [-0.39, 0.29) is 11.7 Å². The van der Waals surface area contributed by atoms with Gasteiger partial charge in [-0.25, -0.2) is 0 Å². The third kappa shape index (κ3) is 4.66. The van der Waals surface area contributed by atoms with Crippen molar-refractivity contribution in [3.8, 4) is 17.2 Å². The molecule has 0 aliphatic heterocycles. The average molecular weight is 264 g/mol. The quantitative estimate of drug-likeness (QED) is 0.798. The van der Waals surface area contributed by atoms with Gasteiger partial charge in [-0.2, -0.15) is 0 Å². The Morgan fingerprint density at radius 3 is 2.32 bits per heavy atom. The summed E-state index contributed by atoms with van der Waals surface area (Å²) in [6, 6.07) is 5.79. The van der Waals surface area contributed by atoms with Crippen LogP contribution in [0.4, 0.5) is 0 Å². The van der Waals surface area contributed by atoms with E-state index >= 15 is 0 Å². The number of rotatable bonds is 5. The van der Waals surface area contributed by atoms with Crippen molar-refractivity contribution in [3.63, 3.8) is 0 Å². The zero-order chi connectivity index (χ0) is 14.0. The highest BCUT2D eigenvalue weighted by Gasteiger charge is 2.25. The Bertz CT molecular complexity index is 428. The second-order valence-corrected chi connectivity index (χ2v) is 6.31. The minimum absolute atomic E-state index is 0.135. The molecular weight excluding hydrogens is 240 g/mol. The Hall–Kier alpha value is -1.38. The van der Waals surface area contributed by atoms with Gasteiger partial charge in [0.2, 0.25) is 0 Å². The summed E-state index contributed by atoms with van der Waals surface area (Å²) in [5.41, 5.74) is -0.211. The van der Waals surface area contributed by atoms with Crippen molar-refractivity contribution in [2.75, 3.05) is 0 Å². The third-order valence-corrected chi connectivity index (χ3v) is 2.52. The summed E-state index contributed by atoms with van der Waals surface area (Å²) in [6.07, 6.45) is 2.74. The molecule has 1 aromatic rings. The Morgan fingerprint density at radius 1 is 1.11 bits per heavy atom. The molecule has 0 atom stereocenters. The van der Waals surface area contributed by atoms with Crippen LogP contribution < -0.4 is 14.2 Å². The van der Waals surface area contributed by atoms with E-state index in [1.807, 2.05) is 52.8 Å². The van der Waals surface area contributed by atoms with E-state index in [2.05, 4.69) is 0 Å². The van der Waals surface area contributed by atoms with Gasteiger partial charge in [0.15, 0.2) is 11.5 Å². The van der Waals surface area contributed by atoms with Crippen molar-refractivity contribution in [3.05, 3.63) is 18.2 Å². The number of benzene rings is 1. The second-order valence-electron chi connectivity index (χ2n) is 6.31. The predicted molar refractivity (Wildman–Crippen MR) is 76.2 cm³/mol. The van der Waals surface area contributed by atoms with Gasteiger partial charge in [0.1, 0.15) is 11.4 Å². The number of hydrogen-bond acceptors (Lipinski definition) is 3. The number of ether oxygens (including phenoxy) is 3. The molecule has 0 radical (unpaired) electrons. The monoisotopic (exact) mass is 264 g/mol. The van der Waals surface area contributed by atoms with E-state index in [0.29, 0.717) is 6.10 Å². The summed E-state index contributed by atoms with van der Waals surface area (Å²) in [5.74, 6) is 2.40. The first-order valence-electron chi connectivity index (χ1n) is 7.00. The Morgan fingerprint density at radius 2 is 1.79 bits per heavy atom. The highest BCUT2D eigenvalue weighted by atomic mass is 16.5. The van der Waals surface area contributed by atoms with E-state index in [4.69, 9.17) is 14.2 Å². The summed E-state index contributed by atoms with van der Waals surface area (Å²) in [4.78, 5) is 0. The smallest absolute Gasteiger partial charge is 0.165 e. The van der Waals surface area contributed by atoms with Crippen LogP contribution in [0.2, 0.25) is 0 Å². The standard InChI is InChI=1S/C16H24O3/c1-11(2)17-14-9-8-13(19-16(3,4)5)10-15(14)18-12-6-7-12/h8-12H,6-7H2,1-5H3. The van der Waals surface area contributed by atoms with Crippen LogP contribution in [0.1, 0.15) is 47.5 Å². The van der Waals surface area contributed by atoms with Crippen LogP contribution in [0, 0.1) is 0 Å². The maximum atomic E-state index is 5.91. The lowest BCUT2D eigenvalue weighted by Gasteiger charge is -2.22. The minimum Gasteiger partial charge on any atom is -0.488 e. The molecule has 0 saturated heterocycles. The van der Waals surface area contributed by atoms with Crippen LogP contribution in [0.25, 0.3) is 0 Å². The molecule has 0 unspecified atom stereocenters. The fraction of sp³-hybridized carbons (Fsp3) is 0.625. The topological polar surface area (TPSA) is 27.7 Å². The van der Waals surface area contributed by atoms with Crippen molar-refractivity contribution in [2.24, 2.45) is 0 Å². The summed E-state index contributed by atoms with van der Waals surface area (Å²) in [7, 11) is 0. The highest BCUT2D eigenvalue weighted by Crippen LogP contribution is 2.37. The zero-order valence-electron chi connectivity index (χ0n) is 12.5. The summed E-state index contributed by atoms with van der Waals surface area (Å²) < 4.78 is 17.6. The van der Waals surface area contributed by atoms with Crippen LogP contribution in [-0.4, -0.2) is 17.8 Å². The summed E-state index contributed by atoms with van der Waals surface area (Å²) >= 11 is 0. The van der Waals surface area contributed by atoms with E-state index in [9.17, 15) is 0 Å². The maximum Gasteiger partial charge on any atom is 0.165 e. The fourth-order valence-electron chi connectivity index (χ4n) is 1.71. The van der Waals surface area contributed by atoms with Gasteiger partial charge in [-0.15, -0.1) is 0 Å². The van der Waals surface area contributed by atoms with Crippen molar-refractivity contribution in [1.29, 1.82) is 0 Å². The van der Waals surface area contributed by atoms with Crippen LogP contribution >= 0.6 is 0 Å². The van der Waals surface area contributed by atoms with Crippen molar-refractivity contribution in [1.82, 2.24) is 0 Å². The largest absolute Gasteiger partial charge is 0.488 e. The Kier molecular flexibility index (Phi) is 3.93. The molecule has 1 aromatic carbocycles. The third-order valence-electron chi connectivity index (χ3n) is 2.52. The first-order valence-corrected chi connectivity index (χ1v) is 7.00. The Balaban J connectivity index is 2.19. The lowest BCUT2D eigenvalue weighted by Crippen LogP contribution is -2.23. The number of hydrogen-bond donors (Lipinski definition) is 0. The second kappa shape index (κ2) is 5.32. The highest BCUT2D eigenvalue weighted by molar-refractivity contribution is 5.46. The van der Waals surface area contributed by atoms with Gasteiger partial charge in [0, 0.05) is 6.07 Å². The molecule has 3 nitrogen and oxygen atoms in total. The summed E-state index contributed by atoms with van der Waals surface area (Å²) in [6.45, 7) is 10.1. The molecule has 0 N–H and O–H groups in total. The predicted octanol–water partition coefficient (Wildman–Crippen LogP) is 4.19. The van der Waals surface area contributed by atoms with E-state index < -0.39 is 0 Å². The molecule has 0 spiro atoms. The van der Waals surface area contributed by atoms with Crippen molar-refractivity contribution < 1.29 is 14.2 Å². The van der Waals surface area contributed by atoms with Gasteiger partial charge in [0.25, 0.3) is 0 Å². The SMILES string of the molecule is CC(C)Oc1ccc(OC(C)(C)C)cc1OC1CC1. The molecule has 0 bridgehead atoms.